The SMILES string of the molecule is Nc1cc(Br)c(Oc2cccc(Cl)c2)cc1C(=O)O. The van der Waals surface area contributed by atoms with E-state index in [0.29, 0.717) is 21.0 Å². The van der Waals surface area contributed by atoms with Crippen LogP contribution in [0.4, 0.5) is 5.69 Å². The van der Waals surface area contributed by atoms with Gasteiger partial charge in [0.05, 0.1) is 10.0 Å². The number of hydrogen-bond acceptors (Lipinski definition) is 3. The molecule has 0 aliphatic heterocycles. The molecule has 0 bridgehead atoms. The van der Waals surface area contributed by atoms with Gasteiger partial charge < -0.3 is 15.6 Å². The third kappa shape index (κ3) is 3.19. The molecule has 0 radical (unpaired) electrons. The Labute approximate surface area is 122 Å². The van der Waals surface area contributed by atoms with Crippen molar-refractivity contribution in [2.45, 2.75) is 0 Å². The fraction of sp³-hybridized carbons (Fsp3) is 0. The van der Waals surface area contributed by atoms with Gasteiger partial charge in [-0.1, -0.05) is 17.7 Å². The third-order valence-electron chi connectivity index (χ3n) is 2.36. The fourth-order valence-corrected chi connectivity index (χ4v) is 2.11. The Morgan fingerprint density at radius 2 is 2.05 bits per heavy atom. The van der Waals surface area contributed by atoms with Gasteiger partial charge in [-0.25, -0.2) is 4.79 Å². The summed E-state index contributed by atoms with van der Waals surface area (Å²) in [6, 6.07) is 9.65. The van der Waals surface area contributed by atoms with Gasteiger partial charge in [-0.05, 0) is 46.3 Å². The Balaban J connectivity index is 2.40. The summed E-state index contributed by atoms with van der Waals surface area (Å²) in [4.78, 5) is 11.0. The predicted molar refractivity (Wildman–Crippen MR) is 77.0 cm³/mol. The molecule has 2 aromatic rings. The molecule has 0 atom stereocenters. The van der Waals surface area contributed by atoms with Crippen molar-refractivity contribution in [1.29, 1.82) is 0 Å². The van der Waals surface area contributed by atoms with Gasteiger partial charge in [0.25, 0.3) is 0 Å². The Morgan fingerprint density at radius 3 is 2.68 bits per heavy atom. The number of ether oxygens (including phenoxy) is 1. The van der Waals surface area contributed by atoms with Crippen LogP contribution in [0, 0.1) is 0 Å². The molecule has 19 heavy (non-hydrogen) atoms. The Morgan fingerprint density at radius 1 is 1.32 bits per heavy atom. The number of benzene rings is 2. The molecule has 2 rings (SSSR count). The highest BCUT2D eigenvalue weighted by Gasteiger charge is 2.13. The number of carboxylic acid groups (broad SMARTS) is 1. The van der Waals surface area contributed by atoms with E-state index in [1.54, 1.807) is 24.3 Å². The van der Waals surface area contributed by atoms with Crippen LogP contribution in [0.3, 0.4) is 0 Å². The monoisotopic (exact) mass is 341 g/mol. The van der Waals surface area contributed by atoms with Gasteiger partial charge in [0.2, 0.25) is 0 Å². The van der Waals surface area contributed by atoms with Crippen molar-refractivity contribution >= 4 is 39.2 Å². The standard InChI is InChI=1S/C13H9BrClNO3/c14-10-6-11(16)9(13(17)18)5-12(10)19-8-3-1-2-7(15)4-8/h1-6H,16H2,(H,17,18). The second-order valence-corrected chi connectivity index (χ2v) is 5.03. The fourth-order valence-electron chi connectivity index (χ4n) is 1.49. The van der Waals surface area contributed by atoms with Crippen LogP contribution in [0.15, 0.2) is 40.9 Å². The summed E-state index contributed by atoms with van der Waals surface area (Å²) in [5.74, 6) is -0.246. The second kappa shape index (κ2) is 5.50. The zero-order chi connectivity index (χ0) is 14.0. The molecule has 2 aromatic carbocycles. The Kier molecular flexibility index (Phi) is 3.97. The summed E-state index contributed by atoms with van der Waals surface area (Å²) >= 11 is 9.13. The molecule has 4 nitrogen and oxygen atoms in total. The molecule has 0 aliphatic carbocycles. The maximum Gasteiger partial charge on any atom is 0.337 e. The van der Waals surface area contributed by atoms with E-state index in [0.717, 1.165) is 0 Å². The summed E-state index contributed by atoms with van der Waals surface area (Å²) in [6.45, 7) is 0. The van der Waals surface area contributed by atoms with Gasteiger partial charge in [0.15, 0.2) is 0 Å². The van der Waals surface area contributed by atoms with Crippen molar-refractivity contribution in [3.63, 3.8) is 0 Å². The zero-order valence-corrected chi connectivity index (χ0v) is 11.9. The topological polar surface area (TPSA) is 72.5 Å². The van der Waals surface area contributed by atoms with Crippen molar-refractivity contribution < 1.29 is 14.6 Å². The van der Waals surface area contributed by atoms with Crippen LogP contribution in [-0.4, -0.2) is 11.1 Å². The molecule has 0 unspecified atom stereocenters. The minimum Gasteiger partial charge on any atom is -0.478 e. The number of rotatable bonds is 3. The van der Waals surface area contributed by atoms with Gasteiger partial charge in [0.1, 0.15) is 11.5 Å². The number of carbonyl (C=O) groups is 1. The zero-order valence-electron chi connectivity index (χ0n) is 9.56. The smallest absolute Gasteiger partial charge is 0.337 e. The molecule has 0 aliphatic rings. The molecular weight excluding hydrogens is 334 g/mol. The lowest BCUT2D eigenvalue weighted by molar-refractivity contribution is 0.0697. The van der Waals surface area contributed by atoms with Gasteiger partial charge in [-0.3, -0.25) is 0 Å². The van der Waals surface area contributed by atoms with E-state index >= 15 is 0 Å². The summed E-state index contributed by atoms with van der Waals surface area (Å²) in [5.41, 5.74) is 5.77. The first-order valence-electron chi connectivity index (χ1n) is 5.23. The molecule has 0 saturated carbocycles. The van der Waals surface area contributed by atoms with Crippen molar-refractivity contribution in [3.8, 4) is 11.5 Å². The molecular formula is C13H9BrClNO3. The maximum atomic E-state index is 11.0. The quantitative estimate of drug-likeness (QED) is 0.821. The molecule has 98 valence electrons. The number of nitrogen functional groups attached to an aromatic ring is 1. The van der Waals surface area contributed by atoms with Crippen LogP contribution in [0.1, 0.15) is 10.4 Å². The largest absolute Gasteiger partial charge is 0.478 e. The molecule has 0 saturated heterocycles. The van der Waals surface area contributed by atoms with E-state index in [9.17, 15) is 4.79 Å². The highest BCUT2D eigenvalue weighted by atomic mass is 79.9. The Bertz CT molecular complexity index is 646. The lowest BCUT2D eigenvalue weighted by Gasteiger charge is -2.10. The second-order valence-electron chi connectivity index (χ2n) is 3.73. The molecule has 0 heterocycles. The van der Waals surface area contributed by atoms with Crippen molar-refractivity contribution in [2.24, 2.45) is 0 Å². The van der Waals surface area contributed by atoms with Gasteiger partial charge in [0, 0.05) is 10.7 Å². The van der Waals surface area contributed by atoms with Gasteiger partial charge in [-0.2, -0.15) is 0 Å². The van der Waals surface area contributed by atoms with E-state index in [4.69, 9.17) is 27.2 Å². The number of carboxylic acids is 1. The van der Waals surface area contributed by atoms with Crippen LogP contribution >= 0.6 is 27.5 Å². The average molecular weight is 343 g/mol. The molecule has 0 amide bonds. The van der Waals surface area contributed by atoms with Crippen molar-refractivity contribution in [1.82, 2.24) is 0 Å². The van der Waals surface area contributed by atoms with Gasteiger partial charge in [-0.15, -0.1) is 0 Å². The van der Waals surface area contributed by atoms with E-state index in [2.05, 4.69) is 15.9 Å². The van der Waals surface area contributed by atoms with E-state index in [1.807, 2.05) is 0 Å². The third-order valence-corrected chi connectivity index (χ3v) is 3.21. The van der Waals surface area contributed by atoms with E-state index in [1.165, 1.54) is 12.1 Å². The number of aromatic carboxylic acids is 1. The number of nitrogens with two attached hydrogens (primary N) is 1. The predicted octanol–water partition coefficient (Wildman–Crippen LogP) is 4.18. The lowest BCUT2D eigenvalue weighted by Crippen LogP contribution is -2.03. The van der Waals surface area contributed by atoms with E-state index in [-0.39, 0.29) is 11.3 Å². The minimum atomic E-state index is -1.11. The average Bonchev–Trinajstić information content (AvgIpc) is 2.32. The molecule has 0 aromatic heterocycles. The van der Waals surface area contributed by atoms with Crippen LogP contribution in [0.5, 0.6) is 11.5 Å². The molecule has 0 spiro atoms. The highest BCUT2D eigenvalue weighted by molar-refractivity contribution is 9.10. The summed E-state index contributed by atoms with van der Waals surface area (Å²) in [6.07, 6.45) is 0. The molecule has 0 fully saturated rings. The lowest BCUT2D eigenvalue weighted by atomic mass is 10.2. The van der Waals surface area contributed by atoms with E-state index < -0.39 is 5.97 Å². The first kappa shape index (κ1) is 13.7. The summed E-state index contributed by atoms with van der Waals surface area (Å²) in [5, 5.41) is 9.55. The summed E-state index contributed by atoms with van der Waals surface area (Å²) in [7, 11) is 0. The summed E-state index contributed by atoms with van der Waals surface area (Å²) < 4.78 is 6.15. The maximum absolute atomic E-state index is 11.0. The first-order valence-corrected chi connectivity index (χ1v) is 6.40. The highest BCUT2D eigenvalue weighted by Crippen LogP contribution is 2.34. The molecule has 6 heteroatoms. The number of hydrogen-bond donors (Lipinski definition) is 2. The van der Waals surface area contributed by atoms with Crippen LogP contribution in [-0.2, 0) is 0 Å². The van der Waals surface area contributed by atoms with Crippen LogP contribution in [0.25, 0.3) is 0 Å². The van der Waals surface area contributed by atoms with Crippen molar-refractivity contribution in [3.05, 3.63) is 51.5 Å². The van der Waals surface area contributed by atoms with Gasteiger partial charge >= 0.3 is 5.97 Å². The number of halogens is 2. The Hall–Kier alpha value is -1.72. The van der Waals surface area contributed by atoms with Crippen molar-refractivity contribution in [2.75, 3.05) is 5.73 Å². The molecule has 3 N–H and O–H groups in total. The van der Waals surface area contributed by atoms with Crippen LogP contribution in [0.2, 0.25) is 5.02 Å². The first-order chi connectivity index (χ1) is 8.97. The minimum absolute atomic E-state index is 0.0137. The number of anilines is 1. The van der Waals surface area contributed by atoms with Crippen LogP contribution < -0.4 is 10.5 Å². The normalized spacial score (nSPS) is 10.2.